The van der Waals surface area contributed by atoms with Crippen LogP contribution in [0.25, 0.3) is 0 Å². The Bertz CT molecular complexity index is 325. The summed E-state index contributed by atoms with van der Waals surface area (Å²) in [5, 5.41) is 3.31. The van der Waals surface area contributed by atoms with Crippen LogP contribution in [0.4, 0.5) is 4.39 Å². The molecule has 0 radical (unpaired) electrons. The first kappa shape index (κ1) is 16.8. The summed E-state index contributed by atoms with van der Waals surface area (Å²) in [4.78, 5) is 0. The molecule has 0 aliphatic carbocycles. The van der Waals surface area contributed by atoms with Crippen LogP contribution in [0.5, 0.6) is 0 Å². The van der Waals surface area contributed by atoms with Crippen molar-refractivity contribution in [3.05, 3.63) is 35.6 Å². The van der Waals surface area contributed by atoms with Gasteiger partial charge in [0.25, 0.3) is 0 Å². The maximum atomic E-state index is 12.9. The molecule has 0 bridgehead atoms. The lowest BCUT2D eigenvalue weighted by atomic mass is 10.2. The van der Waals surface area contributed by atoms with Gasteiger partial charge in [-0.25, -0.2) is 4.39 Å². The molecule has 0 saturated carbocycles. The molecule has 1 rings (SSSR count). The highest BCUT2D eigenvalue weighted by Crippen LogP contribution is 2.21. The van der Waals surface area contributed by atoms with Crippen LogP contribution >= 0.6 is 24.2 Å². The van der Waals surface area contributed by atoms with E-state index in [-0.39, 0.29) is 18.2 Å². The number of rotatable bonds is 5. The van der Waals surface area contributed by atoms with Crippen LogP contribution in [-0.4, -0.2) is 17.0 Å². The van der Waals surface area contributed by atoms with Crippen molar-refractivity contribution in [3.8, 4) is 0 Å². The molecule has 1 nitrogen and oxygen atoms in total. The number of halogens is 2. The highest BCUT2D eigenvalue weighted by molar-refractivity contribution is 8.00. The molecule has 0 atom stereocenters. The van der Waals surface area contributed by atoms with Crippen molar-refractivity contribution < 1.29 is 4.39 Å². The van der Waals surface area contributed by atoms with Crippen molar-refractivity contribution in [2.75, 3.05) is 12.3 Å². The Labute approximate surface area is 114 Å². The van der Waals surface area contributed by atoms with Crippen molar-refractivity contribution in [1.82, 2.24) is 5.32 Å². The van der Waals surface area contributed by atoms with Gasteiger partial charge in [-0.15, -0.1) is 12.4 Å². The fraction of sp³-hybridized carbons (Fsp3) is 0.538. The number of hydrogen-bond acceptors (Lipinski definition) is 2. The Hall–Kier alpha value is -0.250. The zero-order valence-electron chi connectivity index (χ0n) is 10.6. The van der Waals surface area contributed by atoms with Gasteiger partial charge >= 0.3 is 0 Å². The topological polar surface area (TPSA) is 12.0 Å². The van der Waals surface area contributed by atoms with E-state index < -0.39 is 0 Å². The Balaban J connectivity index is 0.00000256. The minimum absolute atomic E-state index is 0. The number of benzene rings is 1. The van der Waals surface area contributed by atoms with Gasteiger partial charge in [-0.1, -0.05) is 32.9 Å². The Kier molecular flexibility index (Phi) is 7.84. The highest BCUT2D eigenvalue weighted by Gasteiger charge is 2.08. The molecule has 0 aliphatic rings. The van der Waals surface area contributed by atoms with Crippen LogP contribution in [0.2, 0.25) is 0 Å². The molecule has 0 saturated heterocycles. The van der Waals surface area contributed by atoms with E-state index in [1.54, 1.807) is 12.1 Å². The van der Waals surface area contributed by atoms with E-state index in [2.05, 4.69) is 26.1 Å². The molecule has 4 heteroatoms. The van der Waals surface area contributed by atoms with Crippen molar-refractivity contribution >= 4 is 24.2 Å². The molecule has 17 heavy (non-hydrogen) atoms. The van der Waals surface area contributed by atoms with E-state index in [1.807, 2.05) is 17.8 Å². The third-order valence-electron chi connectivity index (χ3n) is 2.03. The van der Waals surface area contributed by atoms with Gasteiger partial charge in [0.15, 0.2) is 0 Å². The summed E-state index contributed by atoms with van der Waals surface area (Å²) in [7, 11) is 0. The minimum Gasteiger partial charge on any atom is -0.312 e. The molecule has 1 aromatic carbocycles. The van der Waals surface area contributed by atoms with E-state index in [1.165, 1.54) is 6.07 Å². The fourth-order valence-corrected chi connectivity index (χ4v) is 2.17. The molecule has 0 aliphatic heterocycles. The predicted octanol–water partition coefficient (Wildman–Crippen LogP) is 3.87. The number of thioether (sulfide) groups is 1. The standard InChI is InChI=1S/C13H20FNS.ClH/c1-13(2,3)16-8-7-15-10-11-5-4-6-12(14)9-11;/h4-6,9,15H,7-8,10H2,1-3H3;1H. The summed E-state index contributed by atoms with van der Waals surface area (Å²) >= 11 is 1.94. The number of nitrogens with one attached hydrogen (secondary N) is 1. The maximum Gasteiger partial charge on any atom is 0.123 e. The third kappa shape index (κ3) is 8.47. The van der Waals surface area contributed by atoms with Gasteiger partial charge < -0.3 is 5.32 Å². The van der Waals surface area contributed by atoms with E-state index in [0.717, 1.165) is 24.4 Å². The average Bonchev–Trinajstić information content (AvgIpc) is 2.15. The molecule has 0 heterocycles. The van der Waals surface area contributed by atoms with E-state index in [4.69, 9.17) is 0 Å². The Morgan fingerprint density at radius 2 is 2.00 bits per heavy atom. The van der Waals surface area contributed by atoms with Crippen molar-refractivity contribution in [3.63, 3.8) is 0 Å². The Morgan fingerprint density at radius 1 is 1.29 bits per heavy atom. The highest BCUT2D eigenvalue weighted by atomic mass is 35.5. The molecule has 0 fully saturated rings. The lowest BCUT2D eigenvalue weighted by Gasteiger charge is -2.17. The molecule has 1 N–H and O–H groups in total. The van der Waals surface area contributed by atoms with Crippen LogP contribution in [0.3, 0.4) is 0 Å². The second kappa shape index (κ2) is 7.96. The van der Waals surface area contributed by atoms with Gasteiger partial charge in [-0.05, 0) is 17.7 Å². The summed E-state index contributed by atoms with van der Waals surface area (Å²) in [6.45, 7) is 8.33. The minimum atomic E-state index is -0.164. The lowest BCUT2D eigenvalue weighted by molar-refractivity contribution is 0.622. The SMILES string of the molecule is CC(C)(C)SCCNCc1cccc(F)c1.Cl. The van der Waals surface area contributed by atoms with Crippen LogP contribution in [0.15, 0.2) is 24.3 Å². The normalized spacial score (nSPS) is 11.1. The molecule has 0 aromatic heterocycles. The van der Waals surface area contributed by atoms with Crippen LogP contribution in [0, 0.1) is 5.82 Å². The monoisotopic (exact) mass is 277 g/mol. The first-order valence-electron chi connectivity index (χ1n) is 5.56. The average molecular weight is 278 g/mol. The summed E-state index contributed by atoms with van der Waals surface area (Å²) in [5.41, 5.74) is 1.00. The zero-order chi connectivity index (χ0) is 12.0. The van der Waals surface area contributed by atoms with E-state index in [9.17, 15) is 4.39 Å². The van der Waals surface area contributed by atoms with Crippen LogP contribution < -0.4 is 5.32 Å². The number of hydrogen-bond donors (Lipinski definition) is 1. The van der Waals surface area contributed by atoms with Gasteiger partial charge in [0.05, 0.1) is 0 Å². The quantitative estimate of drug-likeness (QED) is 0.820. The van der Waals surface area contributed by atoms with Gasteiger partial charge in [0, 0.05) is 23.6 Å². The second-order valence-corrected chi connectivity index (χ2v) is 6.69. The van der Waals surface area contributed by atoms with Gasteiger partial charge in [0.2, 0.25) is 0 Å². The second-order valence-electron chi connectivity index (χ2n) is 4.77. The van der Waals surface area contributed by atoms with Crippen molar-refractivity contribution in [1.29, 1.82) is 0 Å². The van der Waals surface area contributed by atoms with Crippen LogP contribution in [0.1, 0.15) is 26.3 Å². The predicted molar refractivity (Wildman–Crippen MR) is 77.6 cm³/mol. The van der Waals surface area contributed by atoms with Crippen molar-refractivity contribution in [2.45, 2.75) is 32.1 Å². The van der Waals surface area contributed by atoms with E-state index >= 15 is 0 Å². The summed E-state index contributed by atoms with van der Waals surface area (Å²) in [6, 6.07) is 6.73. The lowest BCUT2D eigenvalue weighted by Crippen LogP contribution is -2.19. The maximum absolute atomic E-state index is 12.9. The molecule has 0 spiro atoms. The van der Waals surface area contributed by atoms with Crippen molar-refractivity contribution in [2.24, 2.45) is 0 Å². The van der Waals surface area contributed by atoms with Gasteiger partial charge in [-0.2, -0.15) is 11.8 Å². The van der Waals surface area contributed by atoms with Crippen LogP contribution in [-0.2, 0) is 6.54 Å². The fourth-order valence-electron chi connectivity index (χ4n) is 1.31. The largest absolute Gasteiger partial charge is 0.312 e. The smallest absolute Gasteiger partial charge is 0.123 e. The summed E-state index contributed by atoms with van der Waals surface area (Å²) in [5.74, 6) is 0.919. The first-order valence-corrected chi connectivity index (χ1v) is 6.55. The summed E-state index contributed by atoms with van der Waals surface area (Å²) < 4.78 is 13.2. The molecular formula is C13H21ClFNS. The molecule has 1 aromatic rings. The zero-order valence-corrected chi connectivity index (χ0v) is 12.3. The first-order chi connectivity index (χ1) is 7.47. The Morgan fingerprint density at radius 3 is 2.59 bits per heavy atom. The molecular weight excluding hydrogens is 257 g/mol. The third-order valence-corrected chi connectivity index (χ3v) is 3.31. The molecule has 0 amide bonds. The van der Waals surface area contributed by atoms with E-state index in [0.29, 0.717) is 4.75 Å². The van der Waals surface area contributed by atoms with Gasteiger partial charge in [0.1, 0.15) is 5.82 Å². The molecule has 98 valence electrons. The van der Waals surface area contributed by atoms with Gasteiger partial charge in [-0.3, -0.25) is 0 Å². The molecule has 0 unspecified atom stereocenters. The summed E-state index contributed by atoms with van der Waals surface area (Å²) in [6.07, 6.45) is 0.